The van der Waals surface area contributed by atoms with Crippen LogP contribution in [0.2, 0.25) is 0 Å². The summed E-state index contributed by atoms with van der Waals surface area (Å²) < 4.78 is 26.2. The van der Waals surface area contributed by atoms with Crippen LogP contribution in [0.5, 0.6) is 0 Å². The van der Waals surface area contributed by atoms with E-state index in [1.807, 2.05) is 121 Å². The molecule has 0 amide bonds. The summed E-state index contributed by atoms with van der Waals surface area (Å²) in [5, 5.41) is 0. The number of rotatable bonds is 7. The third-order valence-electron chi connectivity index (χ3n) is 7.27. The van der Waals surface area contributed by atoms with E-state index < -0.39 is 11.6 Å². The Labute approximate surface area is 235 Å². The molecule has 0 aromatic heterocycles. The molecule has 2 atom stereocenters. The van der Waals surface area contributed by atoms with Crippen LogP contribution in [0.1, 0.15) is 22.3 Å². The Kier molecular flexibility index (Phi) is 6.95. The maximum atomic E-state index is 6.88. The highest BCUT2D eigenvalue weighted by molar-refractivity contribution is 5.95. The topological polar surface area (TPSA) is 36.9 Å². The average molecular weight is 527 g/mol. The van der Waals surface area contributed by atoms with Crippen LogP contribution in [-0.2, 0) is 18.9 Å². The van der Waals surface area contributed by atoms with Crippen LogP contribution in [0.15, 0.2) is 146 Å². The SMILES string of the molecule is COC1(C2(OC)C=CC(c3ccccc3)=C(c3ccccc3)O2)C=CC(c2ccccc2)=C(c2ccccc2)O1. The van der Waals surface area contributed by atoms with Gasteiger partial charge in [0.25, 0.3) is 0 Å². The molecule has 0 N–H and O–H groups in total. The van der Waals surface area contributed by atoms with Gasteiger partial charge in [0.15, 0.2) is 0 Å². The molecule has 40 heavy (non-hydrogen) atoms. The second-order valence-electron chi connectivity index (χ2n) is 9.56. The van der Waals surface area contributed by atoms with E-state index in [2.05, 4.69) is 24.3 Å². The molecule has 4 aromatic carbocycles. The summed E-state index contributed by atoms with van der Waals surface area (Å²) in [4.78, 5) is 0. The van der Waals surface area contributed by atoms with E-state index in [4.69, 9.17) is 18.9 Å². The Morgan fingerprint density at radius 1 is 0.425 bits per heavy atom. The second kappa shape index (κ2) is 10.9. The van der Waals surface area contributed by atoms with Crippen molar-refractivity contribution in [2.75, 3.05) is 14.2 Å². The van der Waals surface area contributed by atoms with Gasteiger partial charge in [0.1, 0.15) is 11.5 Å². The highest BCUT2D eigenvalue weighted by Crippen LogP contribution is 2.49. The predicted octanol–water partition coefficient (Wildman–Crippen LogP) is 7.98. The summed E-state index contributed by atoms with van der Waals surface area (Å²) in [5.74, 6) is -1.54. The van der Waals surface area contributed by atoms with Gasteiger partial charge < -0.3 is 18.9 Å². The van der Waals surface area contributed by atoms with Gasteiger partial charge in [0.2, 0.25) is 0 Å². The van der Waals surface area contributed by atoms with Gasteiger partial charge in [-0.25, -0.2) is 0 Å². The predicted molar refractivity (Wildman–Crippen MR) is 159 cm³/mol. The number of hydrogen-bond donors (Lipinski definition) is 0. The molecule has 4 nitrogen and oxygen atoms in total. The zero-order chi connectivity index (χ0) is 27.4. The lowest BCUT2D eigenvalue weighted by atomic mass is 9.91. The molecular weight excluding hydrogens is 496 g/mol. The molecule has 0 saturated carbocycles. The van der Waals surface area contributed by atoms with Crippen LogP contribution in [0, 0.1) is 0 Å². The van der Waals surface area contributed by atoms with E-state index in [1.54, 1.807) is 14.2 Å². The minimum atomic E-state index is -1.44. The van der Waals surface area contributed by atoms with Crippen LogP contribution in [0.3, 0.4) is 0 Å². The number of methoxy groups -OCH3 is 2. The summed E-state index contributed by atoms with van der Waals surface area (Å²) in [5.41, 5.74) is 5.78. The Morgan fingerprint density at radius 2 is 0.725 bits per heavy atom. The molecule has 0 bridgehead atoms. The number of benzene rings is 4. The van der Waals surface area contributed by atoms with Crippen molar-refractivity contribution in [3.63, 3.8) is 0 Å². The Hall–Kier alpha value is -4.64. The molecule has 4 aromatic rings. The van der Waals surface area contributed by atoms with Crippen molar-refractivity contribution in [3.05, 3.63) is 168 Å². The Morgan fingerprint density at radius 3 is 1.02 bits per heavy atom. The highest BCUT2D eigenvalue weighted by atomic mass is 16.8. The standard InChI is InChI=1S/C36H30O4/c1-37-35(25-23-31(27-15-7-3-8-16-27)33(39-35)29-19-11-5-12-20-29)36(38-2)26-24-32(28-17-9-4-10-18-28)34(40-36)30-21-13-6-14-22-30/h3-26H,1-2H3. The maximum absolute atomic E-state index is 6.88. The van der Waals surface area contributed by atoms with Crippen LogP contribution in [0.25, 0.3) is 22.7 Å². The van der Waals surface area contributed by atoms with Crippen molar-refractivity contribution in [1.82, 2.24) is 0 Å². The van der Waals surface area contributed by atoms with Crippen molar-refractivity contribution in [2.45, 2.75) is 11.6 Å². The quantitative estimate of drug-likeness (QED) is 0.245. The van der Waals surface area contributed by atoms with Gasteiger partial charge in [0.05, 0.1) is 0 Å². The van der Waals surface area contributed by atoms with Crippen LogP contribution in [-0.4, -0.2) is 25.8 Å². The van der Waals surface area contributed by atoms with Crippen LogP contribution < -0.4 is 0 Å². The maximum Gasteiger partial charge on any atom is 0.301 e. The molecule has 198 valence electrons. The first kappa shape index (κ1) is 25.6. The molecule has 2 unspecified atom stereocenters. The van der Waals surface area contributed by atoms with Gasteiger partial charge in [-0.3, -0.25) is 0 Å². The van der Waals surface area contributed by atoms with Gasteiger partial charge in [0, 0.05) is 36.5 Å². The second-order valence-corrected chi connectivity index (χ2v) is 9.56. The number of allylic oxidation sites excluding steroid dienone is 4. The third kappa shape index (κ3) is 4.47. The smallest absolute Gasteiger partial charge is 0.301 e. The molecule has 0 spiro atoms. The molecule has 0 fully saturated rings. The van der Waals surface area contributed by atoms with Gasteiger partial charge in [-0.15, -0.1) is 0 Å². The normalized spacial score (nSPS) is 22.1. The first-order valence-corrected chi connectivity index (χ1v) is 13.3. The van der Waals surface area contributed by atoms with Crippen molar-refractivity contribution in [3.8, 4) is 0 Å². The molecule has 2 aliphatic heterocycles. The summed E-state index contributed by atoms with van der Waals surface area (Å²) in [6, 6.07) is 40.4. The van der Waals surface area contributed by atoms with Crippen molar-refractivity contribution in [2.24, 2.45) is 0 Å². The van der Waals surface area contributed by atoms with Gasteiger partial charge in [-0.05, 0) is 35.4 Å². The van der Waals surface area contributed by atoms with E-state index in [9.17, 15) is 0 Å². The van der Waals surface area contributed by atoms with Crippen LogP contribution >= 0.6 is 0 Å². The van der Waals surface area contributed by atoms with Crippen molar-refractivity contribution >= 4 is 22.7 Å². The van der Waals surface area contributed by atoms with Crippen molar-refractivity contribution in [1.29, 1.82) is 0 Å². The van der Waals surface area contributed by atoms with E-state index in [0.29, 0.717) is 11.5 Å². The fourth-order valence-corrected chi connectivity index (χ4v) is 5.20. The van der Waals surface area contributed by atoms with E-state index in [1.165, 1.54) is 0 Å². The lowest BCUT2D eigenvalue weighted by Gasteiger charge is -2.47. The summed E-state index contributed by atoms with van der Waals surface area (Å²) >= 11 is 0. The molecule has 0 radical (unpaired) electrons. The summed E-state index contributed by atoms with van der Waals surface area (Å²) in [6.45, 7) is 0. The minimum absolute atomic E-state index is 0.670. The zero-order valence-corrected chi connectivity index (χ0v) is 22.5. The zero-order valence-electron chi connectivity index (χ0n) is 22.5. The lowest BCUT2D eigenvalue weighted by Crippen LogP contribution is -2.58. The molecule has 0 aliphatic carbocycles. The first-order chi connectivity index (χ1) is 19.7. The van der Waals surface area contributed by atoms with Gasteiger partial charge in [-0.1, -0.05) is 121 Å². The highest BCUT2D eigenvalue weighted by Gasteiger charge is 2.58. The molecule has 4 heteroatoms. The Balaban J connectivity index is 1.49. The van der Waals surface area contributed by atoms with E-state index in [0.717, 1.165) is 33.4 Å². The number of hydrogen-bond acceptors (Lipinski definition) is 4. The minimum Gasteiger partial charge on any atom is -0.450 e. The van der Waals surface area contributed by atoms with Gasteiger partial charge >= 0.3 is 11.6 Å². The largest absolute Gasteiger partial charge is 0.450 e. The first-order valence-electron chi connectivity index (χ1n) is 13.3. The monoisotopic (exact) mass is 526 g/mol. The van der Waals surface area contributed by atoms with Crippen LogP contribution in [0.4, 0.5) is 0 Å². The molecule has 2 heterocycles. The molecular formula is C36H30O4. The number of ether oxygens (including phenoxy) is 4. The van der Waals surface area contributed by atoms with E-state index >= 15 is 0 Å². The van der Waals surface area contributed by atoms with Crippen molar-refractivity contribution < 1.29 is 18.9 Å². The van der Waals surface area contributed by atoms with E-state index in [-0.39, 0.29) is 0 Å². The third-order valence-corrected chi connectivity index (χ3v) is 7.27. The summed E-state index contributed by atoms with van der Waals surface area (Å²) in [6.07, 6.45) is 7.82. The molecule has 0 saturated heterocycles. The molecule has 2 aliphatic rings. The lowest BCUT2D eigenvalue weighted by molar-refractivity contribution is -0.321. The fraction of sp³-hybridized carbons (Fsp3) is 0.111. The summed E-state index contributed by atoms with van der Waals surface area (Å²) in [7, 11) is 3.22. The molecule has 6 rings (SSSR count). The van der Waals surface area contributed by atoms with Gasteiger partial charge in [-0.2, -0.15) is 0 Å². The average Bonchev–Trinajstić information content (AvgIpc) is 3.05. The fourth-order valence-electron chi connectivity index (χ4n) is 5.20. The Bertz CT molecular complexity index is 1470.